The molecule has 0 bridgehead atoms. The van der Waals surface area contributed by atoms with Gasteiger partial charge in [-0.05, 0) is 25.1 Å². The Morgan fingerprint density at radius 1 is 1.32 bits per heavy atom. The Balaban J connectivity index is 1.75. The average Bonchev–Trinajstić information content (AvgIpc) is 2.96. The van der Waals surface area contributed by atoms with Gasteiger partial charge in [-0.15, -0.1) is 11.3 Å². The highest BCUT2D eigenvalue weighted by molar-refractivity contribution is 7.15. The van der Waals surface area contributed by atoms with Crippen molar-refractivity contribution in [2.24, 2.45) is 0 Å². The first-order chi connectivity index (χ1) is 10.5. The first-order valence-electron chi connectivity index (χ1n) is 6.78. The van der Waals surface area contributed by atoms with Crippen molar-refractivity contribution >= 4 is 16.3 Å². The van der Waals surface area contributed by atoms with E-state index in [0.29, 0.717) is 22.8 Å². The summed E-state index contributed by atoms with van der Waals surface area (Å²) in [6.07, 6.45) is 1.69. The van der Waals surface area contributed by atoms with E-state index in [1.165, 1.54) is 27.9 Å². The number of thiazole rings is 1. The fraction of sp³-hybridized carbons (Fsp3) is 0.200. The average molecular weight is 322 g/mol. The van der Waals surface area contributed by atoms with Gasteiger partial charge in [0, 0.05) is 23.2 Å². The number of aromatic nitrogens is 2. The number of fused-ring (bicyclic) bond motifs is 1. The lowest BCUT2D eigenvalue weighted by Crippen LogP contribution is -2.83. The highest BCUT2D eigenvalue weighted by Crippen LogP contribution is 2.13. The largest absolute Gasteiger partial charge is 0.335 e. The van der Waals surface area contributed by atoms with E-state index in [1.807, 2.05) is 12.2 Å². The Morgan fingerprint density at radius 2 is 2.14 bits per heavy atom. The van der Waals surface area contributed by atoms with Crippen LogP contribution < -0.4 is 10.9 Å². The number of quaternary nitrogens is 1. The minimum absolute atomic E-state index is 0.0707. The molecule has 0 spiro atoms. The summed E-state index contributed by atoms with van der Waals surface area (Å²) in [5.74, 6) is -1.71. The molecule has 2 heterocycles. The quantitative estimate of drug-likeness (QED) is 0.797. The van der Waals surface area contributed by atoms with Gasteiger partial charge in [0.25, 0.3) is 5.56 Å². The van der Waals surface area contributed by atoms with Crippen molar-refractivity contribution < 1.29 is 14.1 Å². The molecule has 2 aromatic heterocycles. The van der Waals surface area contributed by atoms with Crippen molar-refractivity contribution in [2.45, 2.75) is 19.5 Å². The van der Waals surface area contributed by atoms with Gasteiger partial charge in [-0.2, -0.15) is 0 Å². The molecule has 0 amide bonds. The van der Waals surface area contributed by atoms with Gasteiger partial charge in [-0.1, -0.05) is 0 Å². The third-order valence-electron chi connectivity index (χ3n) is 3.51. The van der Waals surface area contributed by atoms with Crippen LogP contribution in [0.4, 0.5) is 8.78 Å². The van der Waals surface area contributed by atoms with E-state index in [0.717, 1.165) is 6.07 Å². The number of halogens is 2. The third-order valence-corrected chi connectivity index (χ3v) is 4.26. The highest BCUT2D eigenvalue weighted by atomic mass is 32.1. The second kappa shape index (κ2) is 5.94. The molecule has 0 fully saturated rings. The van der Waals surface area contributed by atoms with Gasteiger partial charge < -0.3 is 5.32 Å². The topological polar surface area (TPSA) is 51.0 Å². The number of benzene rings is 1. The molecule has 3 aromatic rings. The number of hydrogen-bond acceptors (Lipinski definition) is 3. The molecule has 7 heteroatoms. The molecule has 0 aliphatic rings. The lowest BCUT2D eigenvalue weighted by molar-refractivity contribution is -0.708. The van der Waals surface area contributed by atoms with Crippen LogP contribution in [0.3, 0.4) is 0 Å². The molecule has 0 radical (unpaired) electrons. The van der Waals surface area contributed by atoms with Gasteiger partial charge in [0.1, 0.15) is 18.3 Å². The predicted molar refractivity (Wildman–Crippen MR) is 79.7 cm³/mol. The summed E-state index contributed by atoms with van der Waals surface area (Å²) in [6.45, 7) is 2.38. The van der Waals surface area contributed by atoms with Gasteiger partial charge in [0.05, 0.1) is 0 Å². The molecule has 4 nitrogen and oxygen atoms in total. The van der Waals surface area contributed by atoms with Gasteiger partial charge in [-0.25, -0.2) is 13.8 Å². The fourth-order valence-corrected chi connectivity index (χ4v) is 2.96. The van der Waals surface area contributed by atoms with Crippen LogP contribution in [0, 0.1) is 11.6 Å². The predicted octanol–water partition coefficient (Wildman–Crippen LogP) is 1.86. The molecule has 1 atom stereocenters. The lowest BCUT2D eigenvalue weighted by Gasteiger charge is -2.11. The fourth-order valence-electron chi connectivity index (χ4n) is 2.22. The number of nitrogens with zero attached hydrogens (tertiary/aromatic N) is 2. The molecule has 0 saturated heterocycles. The second-order valence-electron chi connectivity index (χ2n) is 5.04. The van der Waals surface area contributed by atoms with Crippen LogP contribution in [-0.2, 0) is 6.54 Å². The summed E-state index contributed by atoms with van der Waals surface area (Å²) in [5.41, 5.74) is 1.24. The van der Waals surface area contributed by atoms with Crippen molar-refractivity contribution in [1.82, 2.24) is 9.38 Å². The maximum Gasteiger partial charge on any atom is 0.258 e. The van der Waals surface area contributed by atoms with Gasteiger partial charge in [0.15, 0.2) is 16.6 Å². The molecule has 0 unspecified atom stereocenters. The summed E-state index contributed by atoms with van der Waals surface area (Å²) in [7, 11) is 0. The standard InChI is InChI=1S/C15H13F2N3OS/c1-9(10-2-3-12(16)13(17)6-10)18-8-11-7-14(21)20-4-5-22-15(20)19-11/h2-7,9,18H,8H2,1H3/p+1/t9-/m0/s1. The first kappa shape index (κ1) is 14.8. The first-order valence-corrected chi connectivity index (χ1v) is 7.66. The Kier molecular flexibility index (Phi) is 4.00. The Bertz CT molecular complexity index is 875. The third kappa shape index (κ3) is 2.90. The molecule has 0 saturated carbocycles. The van der Waals surface area contributed by atoms with Crippen molar-refractivity contribution in [3.8, 4) is 0 Å². The monoisotopic (exact) mass is 322 g/mol. The zero-order chi connectivity index (χ0) is 15.7. The zero-order valence-corrected chi connectivity index (χ0v) is 12.6. The Labute approximate surface area is 129 Å². The normalized spacial score (nSPS) is 12.7. The van der Waals surface area contributed by atoms with Crippen LogP contribution in [0.25, 0.3) is 4.96 Å². The molecular weight excluding hydrogens is 308 g/mol. The van der Waals surface area contributed by atoms with E-state index in [4.69, 9.17) is 0 Å². The van der Waals surface area contributed by atoms with Crippen LogP contribution in [0.15, 0.2) is 40.6 Å². The molecule has 0 aliphatic heterocycles. The zero-order valence-electron chi connectivity index (χ0n) is 11.8. The van der Waals surface area contributed by atoms with Crippen LogP contribution in [0.2, 0.25) is 0 Å². The van der Waals surface area contributed by atoms with Crippen molar-refractivity contribution in [3.05, 3.63) is 69.1 Å². The van der Waals surface area contributed by atoms with Gasteiger partial charge >= 0.3 is 0 Å². The van der Waals surface area contributed by atoms with E-state index >= 15 is 0 Å². The minimum Gasteiger partial charge on any atom is -0.335 e. The van der Waals surface area contributed by atoms with E-state index < -0.39 is 11.6 Å². The molecule has 3 rings (SSSR count). The number of nitrogens with two attached hydrogens (primary N) is 1. The maximum atomic E-state index is 13.3. The molecule has 0 aliphatic carbocycles. The van der Waals surface area contributed by atoms with E-state index in [1.54, 1.807) is 17.6 Å². The van der Waals surface area contributed by atoms with Gasteiger partial charge in [-0.3, -0.25) is 9.20 Å². The molecule has 2 N–H and O–H groups in total. The SMILES string of the molecule is C[C@H]([NH2+]Cc1cc(=O)n2ccsc2n1)c1ccc(F)c(F)c1. The van der Waals surface area contributed by atoms with Crippen LogP contribution in [0.5, 0.6) is 0 Å². The van der Waals surface area contributed by atoms with E-state index in [-0.39, 0.29) is 11.6 Å². The highest BCUT2D eigenvalue weighted by Gasteiger charge is 2.13. The summed E-state index contributed by atoms with van der Waals surface area (Å²) in [4.78, 5) is 16.9. The molecular formula is C15H14F2N3OS+. The molecule has 114 valence electrons. The van der Waals surface area contributed by atoms with Crippen LogP contribution in [-0.4, -0.2) is 9.38 Å². The summed E-state index contributed by atoms with van der Waals surface area (Å²) >= 11 is 1.40. The minimum atomic E-state index is -0.853. The van der Waals surface area contributed by atoms with Crippen LogP contribution in [0.1, 0.15) is 24.2 Å². The van der Waals surface area contributed by atoms with Crippen molar-refractivity contribution in [2.75, 3.05) is 0 Å². The smallest absolute Gasteiger partial charge is 0.258 e. The summed E-state index contributed by atoms with van der Waals surface area (Å²) < 4.78 is 27.7. The second-order valence-corrected chi connectivity index (χ2v) is 5.92. The van der Waals surface area contributed by atoms with E-state index in [9.17, 15) is 13.6 Å². The molecule has 1 aromatic carbocycles. The lowest BCUT2D eigenvalue weighted by atomic mass is 10.1. The number of rotatable bonds is 4. The van der Waals surface area contributed by atoms with Crippen molar-refractivity contribution in [3.63, 3.8) is 0 Å². The maximum absolute atomic E-state index is 13.3. The Morgan fingerprint density at radius 3 is 2.91 bits per heavy atom. The molecule has 22 heavy (non-hydrogen) atoms. The van der Waals surface area contributed by atoms with Crippen LogP contribution >= 0.6 is 11.3 Å². The van der Waals surface area contributed by atoms with Gasteiger partial charge in [0.2, 0.25) is 0 Å². The van der Waals surface area contributed by atoms with Crippen molar-refractivity contribution in [1.29, 1.82) is 0 Å². The summed E-state index contributed by atoms with van der Waals surface area (Å²) in [6, 6.07) is 5.30. The summed E-state index contributed by atoms with van der Waals surface area (Å²) in [5, 5.41) is 3.74. The number of hydrogen-bond donors (Lipinski definition) is 1. The van der Waals surface area contributed by atoms with E-state index in [2.05, 4.69) is 4.98 Å². The Hall–Kier alpha value is -2.12.